The van der Waals surface area contributed by atoms with Crippen LogP contribution < -0.4 is 11.1 Å². The fourth-order valence-corrected chi connectivity index (χ4v) is 2.55. The Balaban J connectivity index is 1.88. The molecule has 4 N–H and O–H groups in total. The molecule has 1 aliphatic rings. The summed E-state index contributed by atoms with van der Waals surface area (Å²) in [5.41, 5.74) is 6.16. The molecule has 0 spiro atoms. The van der Waals surface area contributed by atoms with Gasteiger partial charge in [0.2, 0.25) is 5.95 Å². The van der Waals surface area contributed by atoms with Gasteiger partial charge in [0.1, 0.15) is 5.82 Å². The first-order valence-corrected chi connectivity index (χ1v) is 7.15. The Morgan fingerprint density at radius 2 is 2.05 bits per heavy atom. The molecule has 116 valence electrons. The van der Waals surface area contributed by atoms with Gasteiger partial charge in [0.25, 0.3) is 0 Å². The zero-order valence-corrected chi connectivity index (χ0v) is 12.3. The van der Waals surface area contributed by atoms with Crippen LogP contribution in [0.2, 0.25) is 0 Å². The predicted octanol–water partition coefficient (Wildman–Crippen LogP) is 0.811. The molecule has 3 heterocycles. The van der Waals surface area contributed by atoms with Crippen LogP contribution in [0.5, 0.6) is 0 Å². The van der Waals surface area contributed by atoms with E-state index in [1.807, 2.05) is 0 Å². The number of piperidine rings is 1. The lowest BCUT2D eigenvalue weighted by molar-refractivity contribution is 0.0691. The van der Waals surface area contributed by atoms with E-state index < -0.39 is 5.97 Å². The molecule has 0 unspecified atom stereocenters. The lowest BCUT2D eigenvalue weighted by Gasteiger charge is -2.29. The Hall–Kier alpha value is -2.48. The average molecular weight is 302 g/mol. The summed E-state index contributed by atoms with van der Waals surface area (Å²) < 4.78 is 0. The smallest absolute Gasteiger partial charge is 0.354 e. The molecule has 1 fully saturated rings. The minimum absolute atomic E-state index is 0.0594. The Morgan fingerprint density at radius 3 is 2.73 bits per heavy atom. The van der Waals surface area contributed by atoms with E-state index in [0.29, 0.717) is 22.8 Å². The molecule has 1 saturated heterocycles. The number of fused-ring (bicyclic) bond motifs is 1. The van der Waals surface area contributed by atoms with E-state index in [4.69, 9.17) is 10.8 Å². The van der Waals surface area contributed by atoms with E-state index in [2.05, 4.69) is 32.2 Å². The number of aromatic nitrogens is 3. The Bertz CT molecular complexity index is 712. The van der Waals surface area contributed by atoms with Gasteiger partial charge in [-0.15, -0.1) is 0 Å². The fraction of sp³-hybridized carbons (Fsp3) is 0.429. The number of hydrogen-bond acceptors (Lipinski definition) is 7. The molecular weight excluding hydrogens is 284 g/mol. The first kappa shape index (κ1) is 14.5. The normalized spacial score (nSPS) is 16.8. The van der Waals surface area contributed by atoms with Crippen LogP contribution >= 0.6 is 0 Å². The zero-order chi connectivity index (χ0) is 15.7. The van der Waals surface area contributed by atoms with Gasteiger partial charge < -0.3 is 21.1 Å². The van der Waals surface area contributed by atoms with E-state index in [9.17, 15) is 4.79 Å². The summed E-state index contributed by atoms with van der Waals surface area (Å²) in [7, 11) is 2.10. The molecule has 8 nitrogen and oxygen atoms in total. The van der Waals surface area contributed by atoms with E-state index in [1.54, 1.807) is 6.07 Å². The minimum Gasteiger partial charge on any atom is -0.477 e. The number of nitrogens with one attached hydrogen (secondary N) is 1. The molecule has 0 amide bonds. The highest BCUT2D eigenvalue weighted by Crippen LogP contribution is 2.20. The van der Waals surface area contributed by atoms with Crippen molar-refractivity contribution in [3.05, 3.63) is 17.8 Å². The topological polar surface area (TPSA) is 117 Å². The summed E-state index contributed by atoms with van der Waals surface area (Å²) in [6.07, 6.45) is 2.00. The molecule has 3 rings (SSSR count). The van der Waals surface area contributed by atoms with Gasteiger partial charge in [-0.25, -0.2) is 9.78 Å². The summed E-state index contributed by atoms with van der Waals surface area (Å²) in [6, 6.07) is 3.27. The summed E-state index contributed by atoms with van der Waals surface area (Å²) >= 11 is 0. The zero-order valence-electron chi connectivity index (χ0n) is 12.3. The molecule has 2 aromatic rings. The van der Waals surface area contributed by atoms with Crippen molar-refractivity contribution in [1.82, 2.24) is 19.9 Å². The lowest BCUT2D eigenvalue weighted by Crippen LogP contribution is -2.37. The van der Waals surface area contributed by atoms with E-state index in [-0.39, 0.29) is 11.7 Å². The van der Waals surface area contributed by atoms with Crippen molar-refractivity contribution < 1.29 is 9.90 Å². The van der Waals surface area contributed by atoms with Gasteiger partial charge in [-0.2, -0.15) is 9.97 Å². The van der Waals surface area contributed by atoms with Gasteiger partial charge in [0.15, 0.2) is 11.3 Å². The number of rotatable bonds is 3. The first-order valence-electron chi connectivity index (χ1n) is 7.15. The quantitative estimate of drug-likeness (QED) is 0.762. The second-order valence-electron chi connectivity index (χ2n) is 5.53. The molecule has 8 heteroatoms. The van der Waals surface area contributed by atoms with Crippen LogP contribution in [0.3, 0.4) is 0 Å². The van der Waals surface area contributed by atoms with E-state index in [1.165, 1.54) is 6.07 Å². The van der Waals surface area contributed by atoms with Gasteiger partial charge in [0.05, 0.1) is 5.39 Å². The average Bonchev–Trinajstić information content (AvgIpc) is 2.49. The molecule has 0 aromatic carbocycles. The number of carboxylic acid groups (broad SMARTS) is 1. The van der Waals surface area contributed by atoms with Crippen molar-refractivity contribution in [1.29, 1.82) is 0 Å². The third-order valence-corrected chi connectivity index (χ3v) is 3.86. The van der Waals surface area contributed by atoms with Crippen molar-refractivity contribution in [2.75, 3.05) is 31.2 Å². The number of carboxylic acids is 1. The van der Waals surface area contributed by atoms with Crippen LogP contribution in [-0.4, -0.2) is 57.1 Å². The number of hydrogen-bond donors (Lipinski definition) is 3. The second-order valence-corrected chi connectivity index (χ2v) is 5.53. The van der Waals surface area contributed by atoms with Crippen molar-refractivity contribution in [2.45, 2.75) is 18.9 Å². The molecule has 2 aromatic heterocycles. The molecule has 22 heavy (non-hydrogen) atoms. The summed E-state index contributed by atoms with van der Waals surface area (Å²) in [4.78, 5) is 25.8. The van der Waals surface area contributed by atoms with Gasteiger partial charge >= 0.3 is 5.97 Å². The van der Waals surface area contributed by atoms with Crippen LogP contribution in [-0.2, 0) is 0 Å². The van der Waals surface area contributed by atoms with Gasteiger partial charge in [-0.05, 0) is 45.1 Å². The Morgan fingerprint density at radius 1 is 1.32 bits per heavy atom. The van der Waals surface area contributed by atoms with Gasteiger partial charge in [-0.3, -0.25) is 0 Å². The number of nitrogen functional groups attached to an aromatic ring is 1. The van der Waals surface area contributed by atoms with E-state index in [0.717, 1.165) is 25.9 Å². The van der Waals surface area contributed by atoms with Crippen molar-refractivity contribution >= 4 is 28.8 Å². The van der Waals surface area contributed by atoms with Gasteiger partial charge in [0, 0.05) is 6.04 Å². The maximum absolute atomic E-state index is 11.0. The highest BCUT2D eigenvalue weighted by Gasteiger charge is 2.18. The largest absolute Gasteiger partial charge is 0.477 e. The van der Waals surface area contributed by atoms with E-state index >= 15 is 0 Å². The highest BCUT2D eigenvalue weighted by molar-refractivity contribution is 5.92. The molecular formula is C14H18N6O2. The molecule has 0 bridgehead atoms. The summed E-state index contributed by atoms with van der Waals surface area (Å²) in [5, 5.41) is 12.8. The standard InChI is InChI=1S/C14H18N6O2/c1-20-6-4-8(5-7-20)16-14-18-11(15)9-2-3-10(13(21)22)17-12(9)19-14/h2-3,8H,4-7H2,1H3,(H,21,22)(H3,15,16,17,18,19). The number of likely N-dealkylation sites (tertiary alicyclic amines) is 1. The highest BCUT2D eigenvalue weighted by atomic mass is 16.4. The predicted molar refractivity (Wildman–Crippen MR) is 82.8 cm³/mol. The number of anilines is 2. The fourth-order valence-electron chi connectivity index (χ4n) is 2.55. The third-order valence-electron chi connectivity index (χ3n) is 3.86. The van der Waals surface area contributed by atoms with Gasteiger partial charge in [-0.1, -0.05) is 0 Å². The summed E-state index contributed by atoms with van der Waals surface area (Å²) in [5.74, 6) is -0.400. The number of nitrogens with zero attached hydrogens (tertiary/aromatic N) is 4. The third kappa shape index (κ3) is 2.91. The number of nitrogens with two attached hydrogens (primary N) is 1. The number of pyridine rings is 1. The minimum atomic E-state index is -1.09. The van der Waals surface area contributed by atoms with Crippen molar-refractivity contribution in [3.8, 4) is 0 Å². The molecule has 0 atom stereocenters. The van der Waals surface area contributed by atoms with Crippen LogP contribution in [0, 0.1) is 0 Å². The first-order chi connectivity index (χ1) is 10.5. The summed E-state index contributed by atoms with van der Waals surface area (Å²) in [6.45, 7) is 2.03. The number of carbonyl (C=O) groups is 1. The Kier molecular flexibility index (Phi) is 3.76. The van der Waals surface area contributed by atoms with Crippen LogP contribution in [0.4, 0.5) is 11.8 Å². The van der Waals surface area contributed by atoms with Crippen LogP contribution in [0.15, 0.2) is 12.1 Å². The lowest BCUT2D eigenvalue weighted by atomic mass is 10.1. The SMILES string of the molecule is CN1CCC(Nc2nc(N)c3ccc(C(=O)O)nc3n2)CC1. The maximum Gasteiger partial charge on any atom is 0.354 e. The molecule has 0 radical (unpaired) electrons. The Labute approximate surface area is 127 Å². The van der Waals surface area contributed by atoms with Crippen molar-refractivity contribution in [2.24, 2.45) is 0 Å². The number of aromatic carboxylic acids is 1. The van der Waals surface area contributed by atoms with Crippen LogP contribution in [0.1, 0.15) is 23.3 Å². The molecule has 0 saturated carbocycles. The molecule has 1 aliphatic heterocycles. The van der Waals surface area contributed by atoms with Crippen molar-refractivity contribution in [3.63, 3.8) is 0 Å². The van der Waals surface area contributed by atoms with Crippen LogP contribution in [0.25, 0.3) is 11.0 Å². The molecule has 0 aliphatic carbocycles. The second kappa shape index (κ2) is 5.72. The monoisotopic (exact) mass is 302 g/mol. The maximum atomic E-state index is 11.0.